The molecule has 82 valence electrons. The number of nitrogens with zero attached hydrogens (tertiary/aromatic N) is 2. The van der Waals surface area contributed by atoms with Crippen LogP contribution >= 0.6 is 0 Å². The topological polar surface area (TPSA) is 42.4 Å². The number of hydrogen-bond acceptors (Lipinski definition) is 3. The molecule has 0 saturated carbocycles. The van der Waals surface area contributed by atoms with E-state index in [-0.39, 0.29) is 6.09 Å². The first kappa shape index (κ1) is 11.5. The van der Waals surface area contributed by atoms with E-state index >= 15 is 0 Å². The Bertz CT molecular complexity index is 301. The zero-order chi connectivity index (χ0) is 11.1. The molecule has 4 nitrogen and oxygen atoms in total. The number of pyridine rings is 1. The van der Waals surface area contributed by atoms with Crippen molar-refractivity contribution in [1.29, 1.82) is 0 Å². The maximum Gasteiger partial charge on any atom is 0.410 e. The van der Waals surface area contributed by atoms with Gasteiger partial charge in [0, 0.05) is 12.7 Å². The first-order valence-corrected chi connectivity index (χ1v) is 5.09. The van der Waals surface area contributed by atoms with Crippen molar-refractivity contribution in [1.82, 2.24) is 9.88 Å². The van der Waals surface area contributed by atoms with Crippen LogP contribution < -0.4 is 0 Å². The lowest BCUT2D eigenvalue weighted by Gasteiger charge is -2.19. The van der Waals surface area contributed by atoms with E-state index in [4.69, 9.17) is 4.74 Å². The maximum atomic E-state index is 11.5. The molecule has 0 fully saturated rings. The van der Waals surface area contributed by atoms with Crippen LogP contribution in [-0.2, 0) is 11.3 Å². The van der Waals surface area contributed by atoms with Crippen LogP contribution in [-0.4, -0.2) is 29.1 Å². The van der Waals surface area contributed by atoms with Crippen molar-refractivity contribution >= 4 is 6.09 Å². The van der Waals surface area contributed by atoms with Crippen LogP contribution in [0.1, 0.15) is 19.5 Å². The second kappa shape index (κ2) is 6.01. The molecular weight excluding hydrogens is 192 g/mol. The number of carbonyl (C=O) groups is 1. The molecule has 1 aromatic heterocycles. The predicted molar refractivity (Wildman–Crippen MR) is 57.3 cm³/mol. The molecule has 0 aliphatic carbocycles. The third-order valence-electron chi connectivity index (χ3n) is 1.99. The number of aromatic nitrogens is 1. The van der Waals surface area contributed by atoms with E-state index in [9.17, 15) is 4.79 Å². The first-order valence-electron chi connectivity index (χ1n) is 5.09. The molecular formula is C11H16N2O2. The van der Waals surface area contributed by atoms with Gasteiger partial charge in [0.25, 0.3) is 0 Å². The third-order valence-corrected chi connectivity index (χ3v) is 1.99. The summed E-state index contributed by atoms with van der Waals surface area (Å²) in [5.74, 6) is 0. The van der Waals surface area contributed by atoms with Gasteiger partial charge in [0.05, 0.1) is 18.8 Å². The molecule has 0 aliphatic rings. The summed E-state index contributed by atoms with van der Waals surface area (Å²) in [4.78, 5) is 17.2. The van der Waals surface area contributed by atoms with Crippen LogP contribution in [0.2, 0.25) is 0 Å². The number of ether oxygens (including phenoxy) is 1. The summed E-state index contributed by atoms with van der Waals surface area (Å²) in [7, 11) is 0. The molecule has 0 radical (unpaired) electrons. The van der Waals surface area contributed by atoms with Crippen molar-refractivity contribution in [2.45, 2.75) is 20.4 Å². The summed E-state index contributed by atoms with van der Waals surface area (Å²) < 4.78 is 4.93. The number of hydrogen-bond donors (Lipinski definition) is 0. The van der Waals surface area contributed by atoms with Crippen LogP contribution in [0, 0.1) is 0 Å². The zero-order valence-corrected chi connectivity index (χ0v) is 9.14. The molecule has 1 amide bonds. The predicted octanol–water partition coefficient (Wildman–Crippen LogP) is 2.06. The summed E-state index contributed by atoms with van der Waals surface area (Å²) in [6, 6.07) is 5.65. The Balaban J connectivity index is 2.58. The number of amides is 1. The van der Waals surface area contributed by atoms with E-state index in [1.165, 1.54) is 0 Å². The van der Waals surface area contributed by atoms with Crippen LogP contribution in [0.15, 0.2) is 24.4 Å². The average molecular weight is 208 g/mol. The van der Waals surface area contributed by atoms with Gasteiger partial charge in [0.1, 0.15) is 0 Å². The van der Waals surface area contributed by atoms with Gasteiger partial charge in [-0.05, 0) is 26.0 Å². The molecule has 1 aromatic rings. The highest BCUT2D eigenvalue weighted by Gasteiger charge is 2.12. The average Bonchev–Trinajstić information content (AvgIpc) is 2.27. The SMILES string of the molecule is CCOC(=O)N(CC)Cc1ccccn1. The largest absolute Gasteiger partial charge is 0.450 e. The Kier molecular flexibility index (Phi) is 4.60. The van der Waals surface area contributed by atoms with Gasteiger partial charge in [0.15, 0.2) is 0 Å². The smallest absolute Gasteiger partial charge is 0.410 e. The minimum absolute atomic E-state index is 0.286. The van der Waals surface area contributed by atoms with Gasteiger partial charge in [-0.3, -0.25) is 4.98 Å². The van der Waals surface area contributed by atoms with Crippen molar-refractivity contribution in [2.24, 2.45) is 0 Å². The molecule has 0 aliphatic heterocycles. The molecule has 0 atom stereocenters. The summed E-state index contributed by atoms with van der Waals surface area (Å²) in [5, 5.41) is 0. The summed E-state index contributed by atoms with van der Waals surface area (Å²) >= 11 is 0. The molecule has 0 unspecified atom stereocenters. The standard InChI is InChI=1S/C11H16N2O2/c1-3-13(11(14)15-4-2)9-10-7-5-6-8-12-10/h5-8H,3-4,9H2,1-2H3. The summed E-state index contributed by atoms with van der Waals surface area (Å²) in [5.41, 5.74) is 0.868. The van der Waals surface area contributed by atoms with Crippen LogP contribution in [0.4, 0.5) is 4.79 Å². The van der Waals surface area contributed by atoms with E-state index in [0.29, 0.717) is 19.7 Å². The number of rotatable bonds is 4. The highest BCUT2D eigenvalue weighted by Crippen LogP contribution is 2.02. The second-order valence-electron chi connectivity index (χ2n) is 3.03. The molecule has 1 rings (SSSR count). The van der Waals surface area contributed by atoms with Crippen molar-refractivity contribution in [2.75, 3.05) is 13.2 Å². The summed E-state index contributed by atoms with van der Waals surface area (Å²) in [6.45, 7) is 5.23. The van der Waals surface area contributed by atoms with Crippen LogP contribution in [0.5, 0.6) is 0 Å². The fraction of sp³-hybridized carbons (Fsp3) is 0.455. The highest BCUT2D eigenvalue weighted by atomic mass is 16.6. The van der Waals surface area contributed by atoms with Gasteiger partial charge in [-0.15, -0.1) is 0 Å². The quantitative estimate of drug-likeness (QED) is 0.760. The Hall–Kier alpha value is -1.58. The normalized spacial score (nSPS) is 9.73. The molecule has 1 heterocycles. The van der Waals surface area contributed by atoms with Gasteiger partial charge in [-0.2, -0.15) is 0 Å². The minimum Gasteiger partial charge on any atom is -0.450 e. The van der Waals surface area contributed by atoms with E-state index in [2.05, 4.69) is 4.98 Å². The van der Waals surface area contributed by atoms with Crippen LogP contribution in [0.3, 0.4) is 0 Å². The van der Waals surface area contributed by atoms with E-state index in [1.54, 1.807) is 18.0 Å². The molecule has 0 bridgehead atoms. The summed E-state index contributed by atoms with van der Waals surface area (Å²) in [6.07, 6.45) is 1.43. The zero-order valence-electron chi connectivity index (χ0n) is 9.14. The Labute approximate surface area is 89.9 Å². The number of carbonyl (C=O) groups excluding carboxylic acids is 1. The second-order valence-corrected chi connectivity index (χ2v) is 3.03. The Morgan fingerprint density at radius 3 is 2.80 bits per heavy atom. The first-order chi connectivity index (χ1) is 7.27. The molecule has 0 spiro atoms. The lowest BCUT2D eigenvalue weighted by Crippen LogP contribution is -2.31. The Morgan fingerprint density at radius 1 is 1.47 bits per heavy atom. The lowest BCUT2D eigenvalue weighted by molar-refractivity contribution is 0.106. The Morgan fingerprint density at radius 2 is 2.27 bits per heavy atom. The minimum atomic E-state index is -0.286. The van der Waals surface area contributed by atoms with E-state index < -0.39 is 0 Å². The van der Waals surface area contributed by atoms with Gasteiger partial charge >= 0.3 is 6.09 Å². The van der Waals surface area contributed by atoms with Crippen molar-refractivity contribution in [3.8, 4) is 0 Å². The monoisotopic (exact) mass is 208 g/mol. The van der Waals surface area contributed by atoms with Gasteiger partial charge in [-0.1, -0.05) is 6.07 Å². The van der Waals surface area contributed by atoms with Crippen molar-refractivity contribution < 1.29 is 9.53 Å². The fourth-order valence-corrected chi connectivity index (χ4v) is 1.21. The maximum absolute atomic E-state index is 11.5. The van der Waals surface area contributed by atoms with E-state index in [1.807, 2.05) is 25.1 Å². The van der Waals surface area contributed by atoms with Crippen molar-refractivity contribution in [3.63, 3.8) is 0 Å². The highest BCUT2D eigenvalue weighted by molar-refractivity contribution is 5.67. The van der Waals surface area contributed by atoms with E-state index in [0.717, 1.165) is 5.69 Å². The van der Waals surface area contributed by atoms with Gasteiger partial charge in [0.2, 0.25) is 0 Å². The molecule has 0 saturated heterocycles. The lowest BCUT2D eigenvalue weighted by atomic mass is 10.3. The van der Waals surface area contributed by atoms with Gasteiger partial charge < -0.3 is 9.64 Å². The molecule has 0 aromatic carbocycles. The van der Waals surface area contributed by atoms with Gasteiger partial charge in [-0.25, -0.2) is 4.79 Å². The molecule has 0 N–H and O–H groups in total. The molecule has 15 heavy (non-hydrogen) atoms. The third kappa shape index (κ3) is 3.58. The van der Waals surface area contributed by atoms with Crippen molar-refractivity contribution in [3.05, 3.63) is 30.1 Å². The molecule has 4 heteroatoms. The van der Waals surface area contributed by atoms with Crippen LogP contribution in [0.25, 0.3) is 0 Å². The fourth-order valence-electron chi connectivity index (χ4n) is 1.21.